The van der Waals surface area contributed by atoms with E-state index in [2.05, 4.69) is 6.07 Å². The van der Waals surface area contributed by atoms with E-state index in [-0.39, 0.29) is 16.8 Å². The van der Waals surface area contributed by atoms with Crippen LogP contribution in [0, 0.1) is 22.2 Å². The van der Waals surface area contributed by atoms with Crippen LogP contribution in [0.25, 0.3) is 0 Å². The fourth-order valence-corrected chi connectivity index (χ4v) is 4.42. The molecule has 0 aromatic heterocycles. The number of methoxy groups -OCH3 is 1. The van der Waals surface area contributed by atoms with E-state index in [0.717, 1.165) is 0 Å². The quantitative estimate of drug-likeness (QED) is 0.742. The number of benzene rings is 2. The molecule has 26 heavy (non-hydrogen) atoms. The Labute approximate surface area is 154 Å². The van der Waals surface area contributed by atoms with Crippen LogP contribution in [0.3, 0.4) is 0 Å². The molecule has 0 radical (unpaired) electrons. The first kappa shape index (κ1) is 18.0. The topological polar surface area (TPSA) is 59.3 Å². The van der Waals surface area contributed by atoms with Crippen molar-refractivity contribution in [2.75, 3.05) is 7.11 Å². The van der Waals surface area contributed by atoms with Crippen LogP contribution in [0.15, 0.2) is 48.5 Å². The van der Waals surface area contributed by atoms with E-state index in [1.54, 1.807) is 6.07 Å². The van der Waals surface area contributed by atoms with Crippen LogP contribution in [-0.2, 0) is 14.9 Å². The monoisotopic (exact) mass is 349 g/mol. The Morgan fingerprint density at radius 3 is 2.08 bits per heavy atom. The normalized spacial score (nSPS) is 18.5. The van der Waals surface area contributed by atoms with Crippen molar-refractivity contribution in [3.05, 3.63) is 59.7 Å². The number of nitriles is 1. The average Bonchev–Trinajstić information content (AvgIpc) is 2.99. The molecule has 0 aliphatic heterocycles. The van der Waals surface area contributed by atoms with Gasteiger partial charge < -0.3 is 9.47 Å². The molecule has 0 bridgehead atoms. The SMILES string of the molecule is COC(=O)C1(c2cccc(Oc3ccccc3)c2C#N)C(C)(C)C1(C)C. The molecule has 0 heterocycles. The molecular formula is C22H23NO3. The Bertz CT molecular complexity index is 877. The number of nitrogens with zero attached hydrogens (tertiary/aromatic N) is 1. The number of para-hydroxylation sites is 1. The molecule has 0 spiro atoms. The molecule has 4 heteroatoms. The van der Waals surface area contributed by atoms with Crippen molar-refractivity contribution < 1.29 is 14.3 Å². The summed E-state index contributed by atoms with van der Waals surface area (Å²) in [6.07, 6.45) is 0. The number of hydrogen-bond acceptors (Lipinski definition) is 4. The van der Waals surface area contributed by atoms with E-state index in [4.69, 9.17) is 9.47 Å². The molecule has 0 N–H and O–H groups in total. The van der Waals surface area contributed by atoms with Crippen molar-refractivity contribution in [2.45, 2.75) is 33.1 Å². The maximum Gasteiger partial charge on any atom is 0.317 e. The fraction of sp³-hybridized carbons (Fsp3) is 0.364. The number of hydrogen-bond donors (Lipinski definition) is 0. The van der Waals surface area contributed by atoms with E-state index >= 15 is 0 Å². The Balaban J connectivity index is 2.19. The number of esters is 1. The second-order valence-corrected chi connectivity index (χ2v) is 7.70. The lowest BCUT2D eigenvalue weighted by Crippen LogP contribution is -2.30. The van der Waals surface area contributed by atoms with Crippen LogP contribution < -0.4 is 4.74 Å². The molecule has 1 fully saturated rings. The smallest absolute Gasteiger partial charge is 0.317 e. The highest BCUT2D eigenvalue weighted by molar-refractivity contribution is 5.92. The number of carbonyl (C=O) groups is 1. The molecule has 3 rings (SSSR count). The van der Waals surface area contributed by atoms with Crippen molar-refractivity contribution in [2.24, 2.45) is 10.8 Å². The van der Waals surface area contributed by atoms with Crippen molar-refractivity contribution >= 4 is 5.97 Å². The summed E-state index contributed by atoms with van der Waals surface area (Å²) in [5.74, 6) is 0.765. The zero-order chi connectivity index (χ0) is 19.2. The maximum absolute atomic E-state index is 12.9. The van der Waals surface area contributed by atoms with Gasteiger partial charge in [0.2, 0.25) is 0 Å². The second kappa shape index (κ2) is 5.88. The first-order chi connectivity index (χ1) is 12.3. The van der Waals surface area contributed by atoms with Crippen LogP contribution in [-0.4, -0.2) is 13.1 Å². The van der Waals surface area contributed by atoms with Gasteiger partial charge in [0.1, 0.15) is 23.0 Å². The van der Waals surface area contributed by atoms with Gasteiger partial charge in [0.25, 0.3) is 0 Å². The Kier molecular flexibility index (Phi) is 4.07. The molecule has 1 aliphatic rings. The molecule has 4 nitrogen and oxygen atoms in total. The van der Waals surface area contributed by atoms with Crippen molar-refractivity contribution in [3.8, 4) is 17.6 Å². The van der Waals surface area contributed by atoms with Crippen LogP contribution >= 0.6 is 0 Å². The first-order valence-corrected chi connectivity index (χ1v) is 8.60. The third-order valence-corrected chi connectivity index (χ3v) is 6.38. The van der Waals surface area contributed by atoms with Crippen molar-refractivity contribution in [1.29, 1.82) is 5.26 Å². The summed E-state index contributed by atoms with van der Waals surface area (Å²) in [7, 11) is 1.39. The van der Waals surface area contributed by atoms with E-state index in [1.807, 2.05) is 70.2 Å². The molecule has 1 saturated carbocycles. The van der Waals surface area contributed by atoms with Gasteiger partial charge in [0, 0.05) is 0 Å². The largest absolute Gasteiger partial charge is 0.468 e. The van der Waals surface area contributed by atoms with Gasteiger partial charge in [-0.1, -0.05) is 58.0 Å². The lowest BCUT2D eigenvalue weighted by atomic mass is 9.83. The third-order valence-electron chi connectivity index (χ3n) is 6.38. The zero-order valence-corrected chi connectivity index (χ0v) is 15.8. The van der Waals surface area contributed by atoms with Gasteiger partial charge in [-0.3, -0.25) is 4.79 Å². The summed E-state index contributed by atoms with van der Waals surface area (Å²) in [4.78, 5) is 12.9. The van der Waals surface area contributed by atoms with Crippen molar-refractivity contribution in [3.63, 3.8) is 0 Å². The summed E-state index contributed by atoms with van der Waals surface area (Å²) >= 11 is 0. The summed E-state index contributed by atoms with van der Waals surface area (Å²) in [6.45, 7) is 8.15. The van der Waals surface area contributed by atoms with Crippen LogP contribution in [0.2, 0.25) is 0 Å². The van der Waals surface area contributed by atoms with Crippen molar-refractivity contribution in [1.82, 2.24) is 0 Å². The molecular weight excluding hydrogens is 326 g/mol. The third kappa shape index (κ3) is 2.10. The van der Waals surface area contributed by atoms with Crippen LogP contribution in [0.1, 0.15) is 38.8 Å². The van der Waals surface area contributed by atoms with Crippen LogP contribution in [0.5, 0.6) is 11.5 Å². The van der Waals surface area contributed by atoms with Gasteiger partial charge in [0.15, 0.2) is 0 Å². The Hall–Kier alpha value is -2.80. The predicted molar refractivity (Wildman–Crippen MR) is 98.9 cm³/mol. The molecule has 0 unspecified atom stereocenters. The van der Waals surface area contributed by atoms with E-state index < -0.39 is 5.41 Å². The molecule has 1 aliphatic carbocycles. The van der Waals surface area contributed by atoms with E-state index in [0.29, 0.717) is 22.6 Å². The number of ether oxygens (including phenoxy) is 2. The second-order valence-electron chi connectivity index (χ2n) is 7.70. The highest BCUT2D eigenvalue weighted by Gasteiger charge is 2.83. The minimum atomic E-state index is -0.893. The summed E-state index contributed by atoms with van der Waals surface area (Å²) in [5, 5.41) is 9.88. The lowest BCUT2D eigenvalue weighted by molar-refractivity contribution is -0.145. The molecule has 134 valence electrons. The summed E-state index contributed by atoms with van der Waals surface area (Å²) in [6, 6.07) is 17.0. The minimum absolute atomic E-state index is 0.319. The van der Waals surface area contributed by atoms with Gasteiger partial charge >= 0.3 is 5.97 Å². The zero-order valence-electron chi connectivity index (χ0n) is 15.8. The van der Waals surface area contributed by atoms with Gasteiger partial charge in [0.05, 0.1) is 12.7 Å². The average molecular weight is 349 g/mol. The molecule has 0 saturated heterocycles. The summed E-state index contributed by atoms with van der Waals surface area (Å²) in [5.41, 5.74) is -0.569. The highest BCUT2D eigenvalue weighted by Crippen LogP contribution is 2.78. The van der Waals surface area contributed by atoms with Gasteiger partial charge in [-0.25, -0.2) is 0 Å². The van der Waals surface area contributed by atoms with Gasteiger partial charge in [-0.05, 0) is 34.6 Å². The predicted octanol–water partition coefficient (Wildman–Crippen LogP) is 4.83. The number of carbonyl (C=O) groups excluding carboxylic acids is 1. The lowest BCUT2D eigenvalue weighted by Gasteiger charge is -2.22. The van der Waals surface area contributed by atoms with Gasteiger partial charge in [-0.15, -0.1) is 0 Å². The highest BCUT2D eigenvalue weighted by atomic mass is 16.5. The molecule has 2 aromatic carbocycles. The first-order valence-electron chi connectivity index (χ1n) is 8.60. The summed E-state index contributed by atoms with van der Waals surface area (Å²) < 4.78 is 11.1. The van der Waals surface area contributed by atoms with Crippen LogP contribution in [0.4, 0.5) is 0 Å². The van der Waals surface area contributed by atoms with E-state index in [1.165, 1.54) is 7.11 Å². The molecule has 2 aromatic rings. The molecule has 0 atom stereocenters. The standard InChI is InChI=1S/C22H23NO3/c1-20(2)21(3,4)22(20,19(24)25-5)17-12-9-13-18(16(17)14-23)26-15-10-7-6-8-11-15/h6-13H,1-5H3. The van der Waals surface area contributed by atoms with E-state index in [9.17, 15) is 10.1 Å². The Morgan fingerprint density at radius 1 is 0.962 bits per heavy atom. The number of rotatable bonds is 4. The van der Waals surface area contributed by atoms with Gasteiger partial charge in [-0.2, -0.15) is 5.26 Å². The molecule has 0 amide bonds. The fourth-order valence-electron chi connectivity index (χ4n) is 4.42. The Morgan fingerprint density at radius 2 is 1.58 bits per heavy atom. The minimum Gasteiger partial charge on any atom is -0.468 e. The maximum atomic E-state index is 12.9.